The molecule has 4 nitrogen and oxygen atoms in total. The summed E-state index contributed by atoms with van der Waals surface area (Å²) in [5.41, 5.74) is 0.764. The first-order valence-corrected chi connectivity index (χ1v) is 7.57. The first kappa shape index (κ1) is 14.0. The number of nitrogens with one attached hydrogen (secondary N) is 1. The van der Waals surface area contributed by atoms with Gasteiger partial charge in [-0.05, 0) is 52.7 Å². The molecule has 0 amide bonds. The predicted octanol–water partition coefficient (Wildman–Crippen LogP) is 3.09. The molecule has 0 unspecified atom stereocenters. The highest BCUT2D eigenvalue weighted by Crippen LogP contribution is 2.24. The lowest BCUT2D eigenvalue weighted by molar-refractivity contribution is 0.594. The number of aryl methyl sites for hydroxylation is 1. The van der Waals surface area contributed by atoms with Crippen molar-refractivity contribution in [3.63, 3.8) is 0 Å². The fraction of sp³-hybridized carbons (Fsp3) is 0.0833. The van der Waals surface area contributed by atoms with Gasteiger partial charge in [-0.2, -0.15) is 0 Å². The van der Waals surface area contributed by atoms with E-state index in [0.29, 0.717) is 15.9 Å². The van der Waals surface area contributed by atoms with Gasteiger partial charge in [0.05, 0.1) is 10.6 Å². The van der Waals surface area contributed by atoms with E-state index in [2.05, 4.69) is 25.6 Å². The number of halogens is 2. The van der Waals surface area contributed by atoms with Gasteiger partial charge in [0.25, 0.3) is 10.0 Å². The van der Waals surface area contributed by atoms with Gasteiger partial charge < -0.3 is 0 Å². The van der Waals surface area contributed by atoms with Crippen LogP contribution in [0.15, 0.2) is 46.0 Å². The molecule has 0 saturated heterocycles. The lowest BCUT2D eigenvalue weighted by atomic mass is 10.2. The van der Waals surface area contributed by atoms with Gasteiger partial charge in [0, 0.05) is 6.20 Å². The van der Waals surface area contributed by atoms with Crippen molar-refractivity contribution >= 4 is 31.6 Å². The summed E-state index contributed by atoms with van der Waals surface area (Å²) in [7, 11) is -3.85. The van der Waals surface area contributed by atoms with Crippen LogP contribution in [0.4, 0.5) is 10.1 Å². The topological polar surface area (TPSA) is 59.1 Å². The predicted molar refractivity (Wildman–Crippen MR) is 73.9 cm³/mol. The Kier molecular flexibility index (Phi) is 3.86. The van der Waals surface area contributed by atoms with Crippen molar-refractivity contribution in [3.8, 4) is 0 Å². The molecule has 0 fully saturated rings. The molecule has 0 spiro atoms. The van der Waals surface area contributed by atoms with Gasteiger partial charge in [0.15, 0.2) is 0 Å². The molecule has 1 N–H and O–H groups in total. The van der Waals surface area contributed by atoms with Crippen molar-refractivity contribution in [2.45, 2.75) is 11.8 Å². The Hall–Kier alpha value is -1.47. The molecule has 1 heterocycles. The van der Waals surface area contributed by atoms with Gasteiger partial charge in [0.2, 0.25) is 0 Å². The fourth-order valence-electron chi connectivity index (χ4n) is 1.53. The number of hydrogen-bond donors (Lipinski definition) is 1. The average molecular weight is 345 g/mol. The van der Waals surface area contributed by atoms with E-state index in [1.807, 2.05) is 0 Å². The number of rotatable bonds is 3. The summed E-state index contributed by atoms with van der Waals surface area (Å²) in [4.78, 5) is 3.82. The van der Waals surface area contributed by atoms with Crippen LogP contribution < -0.4 is 4.72 Å². The normalized spacial score (nSPS) is 11.3. The SMILES string of the molecule is Cc1ccc(F)cc1S(=O)(=O)Nc1cccnc1Br. The number of sulfonamides is 1. The second-order valence-electron chi connectivity index (χ2n) is 3.86. The zero-order valence-electron chi connectivity index (χ0n) is 9.89. The van der Waals surface area contributed by atoms with Crippen molar-refractivity contribution in [2.24, 2.45) is 0 Å². The molecular weight excluding hydrogens is 335 g/mol. The summed E-state index contributed by atoms with van der Waals surface area (Å²) < 4.78 is 40.3. The maximum Gasteiger partial charge on any atom is 0.262 e. The molecular formula is C12H10BrFN2O2S. The summed E-state index contributed by atoms with van der Waals surface area (Å²) in [5.74, 6) is -0.601. The molecule has 0 aliphatic heterocycles. The van der Waals surface area contributed by atoms with Crippen LogP contribution in [-0.4, -0.2) is 13.4 Å². The number of anilines is 1. The van der Waals surface area contributed by atoms with Crippen LogP contribution in [-0.2, 0) is 10.0 Å². The highest BCUT2D eigenvalue weighted by molar-refractivity contribution is 9.10. The number of hydrogen-bond acceptors (Lipinski definition) is 3. The third-order valence-electron chi connectivity index (χ3n) is 2.44. The molecule has 19 heavy (non-hydrogen) atoms. The van der Waals surface area contributed by atoms with Gasteiger partial charge in [-0.15, -0.1) is 0 Å². The quantitative estimate of drug-likeness (QED) is 0.870. The standard InChI is InChI=1S/C12H10BrFN2O2S/c1-8-4-5-9(14)7-11(8)19(17,18)16-10-3-2-6-15-12(10)13/h2-7,16H,1H3. The third kappa shape index (κ3) is 3.10. The second kappa shape index (κ2) is 5.26. The molecule has 0 saturated carbocycles. The minimum atomic E-state index is -3.85. The van der Waals surface area contributed by atoms with E-state index < -0.39 is 15.8 Å². The molecule has 1 aromatic carbocycles. The Balaban J connectivity index is 2.44. The summed E-state index contributed by atoms with van der Waals surface area (Å²) in [6.07, 6.45) is 1.52. The highest BCUT2D eigenvalue weighted by atomic mass is 79.9. The number of benzene rings is 1. The highest BCUT2D eigenvalue weighted by Gasteiger charge is 2.18. The Bertz CT molecular complexity index is 719. The number of nitrogens with zero attached hydrogens (tertiary/aromatic N) is 1. The van der Waals surface area contributed by atoms with Crippen molar-refractivity contribution in [1.29, 1.82) is 0 Å². The van der Waals surface area contributed by atoms with Crippen LogP contribution in [0.3, 0.4) is 0 Å². The molecule has 100 valence electrons. The molecule has 0 aliphatic carbocycles. The first-order chi connectivity index (χ1) is 8.90. The smallest absolute Gasteiger partial charge is 0.262 e. The lowest BCUT2D eigenvalue weighted by Gasteiger charge is -2.11. The average Bonchev–Trinajstić information content (AvgIpc) is 2.35. The van der Waals surface area contributed by atoms with Crippen LogP contribution in [0.5, 0.6) is 0 Å². The van der Waals surface area contributed by atoms with Crippen molar-refractivity contribution in [3.05, 3.63) is 52.5 Å². The second-order valence-corrected chi connectivity index (χ2v) is 6.26. The van der Waals surface area contributed by atoms with Crippen LogP contribution in [0.2, 0.25) is 0 Å². The minimum Gasteiger partial charge on any atom is -0.277 e. The van der Waals surface area contributed by atoms with Crippen molar-refractivity contribution < 1.29 is 12.8 Å². The molecule has 2 rings (SSSR count). The summed E-state index contributed by atoms with van der Waals surface area (Å²) in [6, 6.07) is 6.78. The van der Waals surface area contributed by atoms with Crippen molar-refractivity contribution in [2.75, 3.05) is 4.72 Å². The van der Waals surface area contributed by atoms with E-state index >= 15 is 0 Å². The molecule has 0 aliphatic rings. The van der Waals surface area contributed by atoms with Crippen molar-refractivity contribution in [1.82, 2.24) is 4.98 Å². The van der Waals surface area contributed by atoms with Gasteiger partial charge in [-0.25, -0.2) is 17.8 Å². The Morgan fingerprint density at radius 3 is 2.74 bits per heavy atom. The maximum absolute atomic E-state index is 13.2. The van der Waals surface area contributed by atoms with Gasteiger partial charge >= 0.3 is 0 Å². The Morgan fingerprint density at radius 2 is 2.05 bits per heavy atom. The summed E-state index contributed by atoms with van der Waals surface area (Å²) in [6.45, 7) is 1.60. The summed E-state index contributed by atoms with van der Waals surface area (Å²) >= 11 is 3.14. The Labute approximate surface area is 118 Å². The van der Waals surface area contributed by atoms with Crippen LogP contribution in [0.25, 0.3) is 0 Å². The van der Waals surface area contributed by atoms with Gasteiger partial charge in [-0.1, -0.05) is 6.07 Å². The third-order valence-corrected chi connectivity index (χ3v) is 4.58. The fourth-order valence-corrected chi connectivity index (χ4v) is 3.33. The largest absolute Gasteiger partial charge is 0.277 e. The minimum absolute atomic E-state index is 0.0942. The van der Waals surface area contributed by atoms with E-state index in [1.54, 1.807) is 19.1 Å². The molecule has 1 aromatic heterocycles. The maximum atomic E-state index is 13.2. The van der Waals surface area contributed by atoms with E-state index in [4.69, 9.17) is 0 Å². The zero-order valence-corrected chi connectivity index (χ0v) is 12.3. The Morgan fingerprint density at radius 1 is 1.32 bits per heavy atom. The van der Waals surface area contributed by atoms with E-state index in [1.165, 1.54) is 18.3 Å². The first-order valence-electron chi connectivity index (χ1n) is 5.29. The van der Waals surface area contributed by atoms with Crippen LogP contribution >= 0.6 is 15.9 Å². The molecule has 0 radical (unpaired) electrons. The number of pyridine rings is 1. The van der Waals surface area contributed by atoms with E-state index in [9.17, 15) is 12.8 Å². The van der Waals surface area contributed by atoms with Crippen LogP contribution in [0.1, 0.15) is 5.56 Å². The number of aromatic nitrogens is 1. The zero-order chi connectivity index (χ0) is 14.0. The molecule has 0 atom stereocenters. The molecule has 7 heteroatoms. The van der Waals surface area contributed by atoms with E-state index in [-0.39, 0.29) is 4.90 Å². The van der Waals surface area contributed by atoms with Gasteiger partial charge in [-0.3, -0.25) is 4.72 Å². The molecule has 2 aromatic rings. The van der Waals surface area contributed by atoms with E-state index in [0.717, 1.165) is 6.07 Å². The monoisotopic (exact) mass is 344 g/mol. The van der Waals surface area contributed by atoms with Gasteiger partial charge in [0.1, 0.15) is 10.4 Å². The lowest BCUT2D eigenvalue weighted by Crippen LogP contribution is -2.15. The molecule has 0 bridgehead atoms. The summed E-state index contributed by atoms with van der Waals surface area (Å²) in [5, 5.41) is 0. The van der Waals surface area contributed by atoms with Crippen LogP contribution in [0, 0.1) is 12.7 Å².